The van der Waals surface area contributed by atoms with Crippen LogP contribution >= 0.6 is 0 Å². The van der Waals surface area contributed by atoms with Crippen LogP contribution in [0, 0.1) is 11.3 Å². The first-order valence-electron chi connectivity index (χ1n) is 5.99. The van der Waals surface area contributed by atoms with Crippen molar-refractivity contribution in [2.75, 3.05) is 0 Å². The van der Waals surface area contributed by atoms with Gasteiger partial charge in [-0.05, 0) is 18.3 Å². The van der Waals surface area contributed by atoms with Crippen LogP contribution < -0.4 is 0 Å². The number of hydrogen-bond acceptors (Lipinski definition) is 1. The molecule has 1 rings (SSSR count). The highest BCUT2D eigenvalue weighted by Crippen LogP contribution is 2.25. The molecule has 0 N–H and O–H groups in total. The SMILES string of the molecule is CC(CCC(C)(C)C)C(=O)c1ccccc1. The van der Waals surface area contributed by atoms with Gasteiger partial charge in [-0.3, -0.25) is 4.79 Å². The smallest absolute Gasteiger partial charge is 0.165 e. The highest BCUT2D eigenvalue weighted by molar-refractivity contribution is 5.97. The number of benzene rings is 1. The summed E-state index contributed by atoms with van der Waals surface area (Å²) in [5, 5.41) is 0. The first-order chi connectivity index (χ1) is 7.40. The van der Waals surface area contributed by atoms with Gasteiger partial charge in [-0.1, -0.05) is 58.0 Å². The second-order valence-corrected chi connectivity index (χ2v) is 5.73. The quantitative estimate of drug-likeness (QED) is 0.687. The van der Waals surface area contributed by atoms with Gasteiger partial charge in [0.15, 0.2) is 5.78 Å². The van der Waals surface area contributed by atoms with E-state index < -0.39 is 0 Å². The van der Waals surface area contributed by atoms with E-state index >= 15 is 0 Å². The fraction of sp³-hybridized carbons (Fsp3) is 0.533. The molecule has 0 spiro atoms. The first kappa shape index (κ1) is 13.0. The van der Waals surface area contributed by atoms with Crippen molar-refractivity contribution in [3.8, 4) is 0 Å². The van der Waals surface area contributed by atoms with Gasteiger partial charge >= 0.3 is 0 Å². The van der Waals surface area contributed by atoms with E-state index in [2.05, 4.69) is 20.8 Å². The van der Waals surface area contributed by atoms with Gasteiger partial charge in [0.25, 0.3) is 0 Å². The molecule has 1 unspecified atom stereocenters. The van der Waals surface area contributed by atoms with Crippen LogP contribution in [0.25, 0.3) is 0 Å². The van der Waals surface area contributed by atoms with E-state index in [0.717, 1.165) is 18.4 Å². The minimum absolute atomic E-state index is 0.127. The lowest BCUT2D eigenvalue weighted by Gasteiger charge is -2.20. The summed E-state index contributed by atoms with van der Waals surface area (Å²) in [6.45, 7) is 8.67. The van der Waals surface area contributed by atoms with Crippen LogP contribution in [0.1, 0.15) is 50.9 Å². The average Bonchev–Trinajstić information content (AvgIpc) is 2.25. The Morgan fingerprint density at radius 1 is 1.19 bits per heavy atom. The fourth-order valence-electron chi connectivity index (χ4n) is 1.67. The molecule has 0 aliphatic rings. The number of ketones is 1. The molecule has 0 heterocycles. The van der Waals surface area contributed by atoms with Gasteiger partial charge in [-0.2, -0.15) is 0 Å². The van der Waals surface area contributed by atoms with Crippen LogP contribution in [-0.4, -0.2) is 5.78 Å². The third kappa shape index (κ3) is 4.18. The Bertz CT molecular complexity index is 332. The largest absolute Gasteiger partial charge is 0.294 e. The summed E-state index contributed by atoms with van der Waals surface area (Å²) in [5.74, 6) is 0.395. The van der Waals surface area contributed by atoms with E-state index in [1.54, 1.807) is 0 Å². The van der Waals surface area contributed by atoms with Crippen LogP contribution in [0.15, 0.2) is 30.3 Å². The molecule has 1 atom stereocenters. The molecule has 88 valence electrons. The average molecular weight is 218 g/mol. The molecule has 0 bridgehead atoms. The molecule has 16 heavy (non-hydrogen) atoms. The highest BCUT2D eigenvalue weighted by Gasteiger charge is 2.18. The summed E-state index contributed by atoms with van der Waals surface area (Å²) in [7, 11) is 0. The van der Waals surface area contributed by atoms with Gasteiger partial charge in [0, 0.05) is 11.5 Å². The zero-order chi connectivity index (χ0) is 12.2. The van der Waals surface area contributed by atoms with Gasteiger partial charge in [0.1, 0.15) is 0 Å². The lowest BCUT2D eigenvalue weighted by Crippen LogP contribution is -2.15. The molecule has 0 radical (unpaired) electrons. The molecule has 0 amide bonds. The van der Waals surface area contributed by atoms with Crippen molar-refractivity contribution in [3.05, 3.63) is 35.9 Å². The van der Waals surface area contributed by atoms with Crippen molar-refractivity contribution in [2.45, 2.75) is 40.5 Å². The summed E-state index contributed by atoms with van der Waals surface area (Å²) in [4.78, 5) is 12.1. The number of carbonyl (C=O) groups is 1. The highest BCUT2D eigenvalue weighted by atomic mass is 16.1. The van der Waals surface area contributed by atoms with Gasteiger partial charge in [0.2, 0.25) is 0 Å². The summed E-state index contributed by atoms with van der Waals surface area (Å²) < 4.78 is 0. The molecule has 0 aromatic heterocycles. The van der Waals surface area contributed by atoms with Crippen LogP contribution in [-0.2, 0) is 0 Å². The molecule has 0 fully saturated rings. The minimum Gasteiger partial charge on any atom is -0.294 e. The van der Waals surface area contributed by atoms with Gasteiger partial charge in [0.05, 0.1) is 0 Å². The number of rotatable bonds is 4. The van der Waals surface area contributed by atoms with Crippen LogP contribution in [0.4, 0.5) is 0 Å². The Morgan fingerprint density at radius 2 is 1.75 bits per heavy atom. The molecule has 0 aliphatic carbocycles. The zero-order valence-electron chi connectivity index (χ0n) is 10.8. The Labute approximate surface area is 98.9 Å². The van der Waals surface area contributed by atoms with Gasteiger partial charge in [-0.15, -0.1) is 0 Å². The second-order valence-electron chi connectivity index (χ2n) is 5.73. The maximum Gasteiger partial charge on any atom is 0.165 e. The number of carbonyl (C=O) groups excluding carboxylic acids is 1. The standard InChI is InChI=1S/C15H22O/c1-12(10-11-15(2,3)4)14(16)13-8-6-5-7-9-13/h5-9,12H,10-11H2,1-4H3. The molecule has 1 aromatic rings. The van der Waals surface area contributed by atoms with E-state index in [9.17, 15) is 4.79 Å². The monoisotopic (exact) mass is 218 g/mol. The number of Topliss-reactive ketones (excluding diaryl/α,β-unsaturated/α-hetero) is 1. The van der Waals surface area contributed by atoms with Gasteiger partial charge in [-0.25, -0.2) is 0 Å². The predicted octanol–water partition coefficient (Wildman–Crippen LogP) is 4.33. The normalized spacial score (nSPS) is 13.5. The maximum atomic E-state index is 12.1. The third-order valence-electron chi connectivity index (χ3n) is 2.83. The molecule has 1 aromatic carbocycles. The molecular weight excluding hydrogens is 196 g/mol. The van der Waals surface area contributed by atoms with Crippen molar-refractivity contribution in [3.63, 3.8) is 0 Å². The van der Waals surface area contributed by atoms with E-state index in [0.29, 0.717) is 5.41 Å². The lowest BCUT2D eigenvalue weighted by atomic mass is 9.85. The Kier molecular flexibility index (Phi) is 4.28. The fourth-order valence-corrected chi connectivity index (χ4v) is 1.67. The molecule has 0 aliphatic heterocycles. The Hall–Kier alpha value is -1.11. The topological polar surface area (TPSA) is 17.1 Å². The van der Waals surface area contributed by atoms with Crippen LogP contribution in [0.5, 0.6) is 0 Å². The molecule has 1 nitrogen and oxygen atoms in total. The summed E-state index contributed by atoms with van der Waals surface area (Å²) in [5.41, 5.74) is 1.15. The number of hydrogen-bond donors (Lipinski definition) is 0. The Balaban J connectivity index is 2.55. The van der Waals surface area contributed by atoms with Crippen molar-refractivity contribution < 1.29 is 4.79 Å². The summed E-state index contributed by atoms with van der Waals surface area (Å²) in [6, 6.07) is 9.58. The van der Waals surface area contributed by atoms with Crippen LogP contribution in [0.3, 0.4) is 0 Å². The molecule has 0 saturated carbocycles. The van der Waals surface area contributed by atoms with Gasteiger partial charge < -0.3 is 0 Å². The van der Waals surface area contributed by atoms with Crippen molar-refractivity contribution in [1.82, 2.24) is 0 Å². The Morgan fingerprint density at radius 3 is 2.25 bits per heavy atom. The molecule has 1 heteroatoms. The van der Waals surface area contributed by atoms with Crippen LogP contribution in [0.2, 0.25) is 0 Å². The zero-order valence-corrected chi connectivity index (χ0v) is 10.8. The van der Waals surface area contributed by atoms with E-state index in [1.165, 1.54) is 0 Å². The summed E-state index contributed by atoms with van der Waals surface area (Å²) in [6.07, 6.45) is 2.06. The summed E-state index contributed by atoms with van der Waals surface area (Å²) >= 11 is 0. The molecular formula is C15H22O. The minimum atomic E-state index is 0.127. The predicted molar refractivity (Wildman–Crippen MR) is 68.6 cm³/mol. The van der Waals surface area contributed by atoms with E-state index in [1.807, 2.05) is 37.3 Å². The van der Waals surface area contributed by atoms with Crippen molar-refractivity contribution in [1.29, 1.82) is 0 Å². The second kappa shape index (κ2) is 5.29. The maximum absolute atomic E-state index is 12.1. The van der Waals surface area contributed by atoms with Crippen molar-refractivity contribution >= 4 is 5.78 Å². The lowest BCUT2D eigenvalue weighted by molar-refractivity contribution is 0.0916. The van der Waals surface area contributed by atoms with E-state index in [-0.39, 0.29) is 11.7 Å². The molecule has 0 saturated heterocycles. The van der Waals surface area contributed by atoms with Crippen molar-refractivity contribution in [2.24, 2.45) is 11.3 Å². The first-order valence-corrected chi connectivity index (χ1v) is 5.99. The van der Waals surface area contributed by atoms with E-state index in [4.69, 9.17) is 0 Å². The third-order valence-corrected chi connectivity index (χ3v) is 2.83.